The lowest BCUT2D eigenvalue weighted by atomic mass is 9.97. The molecule has 2 aromatic heterocycles. The molecule has 0 radical (unpaired) electrons. The maximum atomic E-state index is 13.2. The topological polar surface area (TPSA) is 105 Å². The molecule has 0 amide bonds. The Morgan fingerprint density at radius 3 is 2.77 bits per heavy atom. The fourth-order valence-corrected chi connectivity index (χ4v) is 3.14. The second-order valence-corrected chi connectivity index (χ2v) is 6.77. The van der Waals surface area contributed by atoms with Crippen LogP contribution in [0.3, 0.4) is 0 Å². The third-order valence-electron chi connectivity index (χ3n) is 4.66. The fourth-order valence-electron chi connectivity index (χ4n) is 3.14. The smallest absolute Gasteiger partial charge is 0.271 e. The highest BCUT2D eigenvalue weighted by molar-refractivity contribution is 6.11. The third kappa shape index (κ3) is 4.08. The van der Waals surface area contributed by atoms with Crippen LogP contribution in [-0.2, 0) is 6.54 Å². The third-order valence-corrected chi connectivity index (χ3v) is 4.66. The minimum absolute atomic E-state index is 0.0204. The number of hydrogen-bond acceptors (Lipinski definition) is 6. The van der Waals surface area contributed by atoms with Gasteiger partial charge < -0.3 is 9.84 Å². The van der Waals surface area contributed by atoms with E-state index in [2.05, 4.69) is 4.98 Å². The quantitative estimate of drug-likeness (QED) is 0.608. The molecule has 1 aromatic carbocycles. The maximum Gasteiger partial charge on any atom is 0.271 e. The number of ether oxygens (including phenoxy) is 1. The van der Waals surface area contributed by atoms with Crippen molar-refractivity contribution in [1.29, 1.82) is 5.26 Å². The van der Waals surface area contributed by atoms with E-state index in [-0.39, 0.29) is 28.8 Å². The zero-order valence-corrected chi connectivity index (χ0v) is 16.8. The first-order valence-corrected chi connectivity index (χ1v) is 9.50. The van der Waals surface area contributed by atoms with Crippen LogP contribution < -0.4 is 10.3 Å². The molecule has 0 fully saturated rings. The number of aromatic hydroxyl groups is 1. The number of nitrogens with zero attached hydrogens (tertiary/aromatic N) is 3. The molecule has 3 aromatic rings. The van der Waals surface area contributed by atoms with Gasteiger partial charge in [-0.25, -0.2) is 0 Å². The van der Waals surface area contributed by atoms with Gasteiger partial charge in [-0.2, -0.15) is 5.26 Å². The fraction of sp³-hybridized carbons (Fsp3) is 0.217. The monoisotopic (exact) mass is 403 g/mol. The van der Waals surface area contributed by atoms with Crippen molar-refractivity contribution in [2.75, 3.05) is 6.61 Å². The van der Waals surface area contributed by atoms with Gasteiger partial charge in [-0.3, -0.25) is 19.1 Å². The molecule has 0 unspecified atom stereocenters. The average molecular weight is 403 g/mol. The molecule has 3 rings (SSSR count). The zero-order valence-electron chi connectivity index (χ0n) is 16.8. The van der Waals surface area contributed by atoms with Crippen LogP contribution in [-0.4, -0.2) is 27.0 Å². The first kappa shape index (κ1) is 20.8. The van der Waals surface area contributed by atoms with E-state index in [4.69, 9.17) is 4.74 Å². The van der Waals surface area contributed by atoms with Gasteiger partial charge in [0, 0.05) is 18.0 Å². The summed E-state index contributed by atoms with van der Waals surface area (Å²) in [6.07, 6.45) is 3.96. The number of pyridine rings is 2. The number of rotatable bonds is 7. The standard InChI is InChI=1S/C23H21N3O4/c1-3-10-30-18-8-4-7-17(11-18)21(27)20-15(2)19(12-24)22(28)26(23(20)29)14-16-6-5-9-25-13-16/h4-9,11,13,29H,3,10,14H2,1-2H3. The number of hydrogen-bond donors (Lipinski definition) is 1. The molecular weight excluding hydrogens is 382 g/mol. The summed E-state index contributed by atoms with van der Waals surface area (Å²) in [5, 5.41) is 20.4. The molecule has 0 saturated carbocycles. The molecule has 0 spiro atoms. The Hall–Kier alpha value is -3.92. The van der Waals surface area contributed by atoms with Crippen molar-refractivity contribution in [1.82, 2.24) is 9.55 Å². The Kier molecular flexibility index (Phi) is 6.28. The molecule has 0 aliphatic heterocycles. The minimum Gasteiger partial charge on any atom is -0.494 e. The Labute approximate surface area is 173 Å². The number of carbonyl (C=O) groups is 1. The summed E-state index contributed by atoms with van der Waals surface area (Å²) in [4.78, 5) is 30.0. The summed E-state index contributed by atoms with van der Waals surface area (Å²) in [6, 6.07) is 11.9. The van der Waals surface area contributed by atoms with E-state index in [9.17, 15) is 20.0 Å². The molecule has 0 bridgehead atoms. The Morgan fingerprint density at radius 2 is 2.10 bits per heavy atom. The SMILES string of the molecule is CCCOc1cccc(C(=O)c2c(C)c(C#N)c(=O)n(Cc3cccnc3)c2O)c1. The van der Waals surface area contributed by atoms with Crippen molar-refractivity contribution in [3.63, 3.8) is 0 Å². The van der Waals surface area contributed by atoms with Crippen molar-refractivity contribution < 1.29 is 14.6 Å². The van der Waals surface area contributed by atoms with E-state index in [0.29, 0.717) is 17.9 Å². The summed E-state index contributed by atoms with van der Waals surface area (Å²) in [5.74, 6) is -0.447. The van der Waals surface area contributed by atoms with E-state index in [1.165, 1.54) is 6.92 Å². The van der Waals surface area contributed by atoms with Gasteiger partial charge in [0.1, 0.15) is 17.4 Å². The van der Waals surface area contributed by atoms with E-state index >= 15 is 0 Å². The molecule has 7 heteroatoms. The van der Waals surface area contributed by atoms with Crippen LogP contribution in [0.15, 0.2) is 53.6 Å². The number of nitriles is 1. The van der Waals surface area contributed by atoms with Gasteiger partial charge in [0.15, 0.2) is 5.78 Å². The normalized spacial score (nSPS) is 10.4. The van der Waals surface area contributed by atoms with Gasteiger partial charge in [0.25, 0.3) is 5.56 Å². The summed E-state index contributed by atoms with van der Waals surface area (Å²) < 4.78 is 6.60. The Balaban J connectivity index is 2.13. The van der Waals surface area contributed by atoms with Gasteiger partial charge in [0.2, 0.25) is 5.88 Å². The van der Waals surface area contributed by atoms with Crippen molar-refractivity contribution in [2.24, 2.45) is 0 Å². The van der Waals surface area contributed by atoms with Crippen molar-refractivity contribution in [2.45, 2.75) is 26.8 Å². The molecule has 0 saturated heterocycles. The van der Waals surface area contributed by atoms with Gasteiger partial charge in [0.05, 0.1) is 18.7 Å². The highest BCUT2D eigenvalue weighted by atomic mass is 16.5. The molecule has 1 N–H and O–H groups in total. The summed E-state index contributed by atoms with van der Waals surface area (Å²) in [7, 11) is 0. The molecule has 30 heavy (non-hydrogen) atoms. The summed E-state index contributed by atoms with van der Waals surface area (Å²) in [5.41, 5.74) is 0.162. The molecule has 0 aliphatic carbocycles. The Morgan fingerprint density at radius 1 is 1.30 bits per heavy atom. The maximum absolute atomic E-state index is 13.2. The van der Waals surface area contributed by atoms with Crippen LogP contribution in [0, 0.1) is 18.3 Å². The second-order valence-electron chi connectivity index (χ2n) is 6.77. The number of carbonyl (C=O) groups excluding carboxylic acids is 1. The number of benzene rings is 1. The highest BCUT2D eigenvalue weighted by Crippen LogP contribution is 2.26. The van der Waals surface area contributed by atoms with Crippen LogP contribution in [0.25, 0.3) is 0 Å². The van der Waals surface area contributed by atoms with E-state index in [1.54, 1.807) is 48.8 Å². The molecule has 0 aliphatic rings. The molecular formula is C23H21N3O4. The number of ketones is 1. The zero-order chi connectivity index (χ0) is 21.7. The van der Waals surface area contributed by atoms with Crippen LogP contribution in [0.4, 0.5) is 0 Å². The average Bonchev–Trinajstić information content (AvgIpc) is 2.76. The predicted octanol–water partition coefficient (Wildman–Crippen LogP) is 3.20. The lowest BCUT2D eigenvalue weighted by Crippen LogP contribution is -2.27. The van der Waals surface area contributed by atoms with E-state index in [1.807, 2.05) is 13.0 Å². The predicted molar refractivity (Wildman–Crippen MR) is 111 cm³/mol. The lowest BCUT2D eigenvalue weighted by molar-refractivity contribution is 0.103. The second kappa shape index (κ2) is 9.05. The number of aromatic nitrogens is 2. The molecule has 0 atom stereocenters. The van der Waals surface area contributed by atoms with Crippen LogP contribution >= 0.6 is 0 Å². The van der Waals surface area contributed by atoms with Crippen molar-refractivity contribution in [3.05, 3.63) is 87.0 Å². The van der Waals surface area contributed by atoms with Crippen molar-refractivity contribution in [3.8, 4) is 17.7 Å². The summed E-state index contributed by atoms with van der Waals surface area (Å²) >= 11 is 0. The van der Waals surface area contributed by atoms with Gasteiger partial charge in [-0.1, -0.05) is 25.1 Å². The first-order valence-electron chi connectivity index (χ1n) is 9.50. The van der Waals surface area contributed by atoms with E-state index < -0.39 is 17.2 Å². The van der Waals surface area contributed by atoms with Gasteiger partial charge in [-0.15, -0.1) is 0 Å². The molecule has 7 nitrogen and oxygen atoms in total. The largest absolute Gasteiger partial charge is 0.494 e. The molecule has 152 valence electrons. The highest BCUT2D eigenvalue weighted by Gasteiger charge is 2.25. The van der Waals surface area contributed by atoms with Gasteiger partial charge in [-0.05, 0) is 42.7 Å². The van der Waals surface area contributed by atoms with Crippen LogP contribution in [0.5, 0.6) is 11.6 Å². The first-order chi connectivity index (χ1) is 14.5. The van der Waals surface area contributed by atoms with Gasteiger partial charge >= 0.3 is 0 Å². The lowest BCUT2D eigenvalue weighted by Gasteiger charge is -2.16. The van der Waals surface area contributed by atoms with Crippen LogP contribution in [0.1, 0.15) is 46.0 Å². The summed E-state index contributed by atoms with van der Waals surface area (Å²) in [6.45, 7) is 3.95. The van der Waals surface area contributed by atoms with Crippen LogP contribution in [0.2, 0.25) is 0 Å². The van der Waals surface area contributed by atoms with E-state index in [0.717, 1.165) is 11.0 Å². The minimum atomic E-state index is -0.659. The molecule has 2 heterocycles. The van der Waals surface area contributed by atoms with Crippen molar-refractivity contribution >= 4 is 5.78 Å². The Bertz CT molecular complexity index is 1180.